The van der Waals surface area contributed by atoms with Gasteiger partial charge in [0.2, 0.25) is 11.7 Å². The van der Waals surface area contributed by atoms with Crippen molar-refractivity contribution in [2.75, 3.05) is 0 Å². The van der Waals surface area contributed by atoms with Crippen LogP contribution in [0.2, 0.25) is 0 Å². The van der Waals surface area contributed by atoms with Gasteiger partial charge in [-0.3, -0.25) is 4.68 Å². The average Bonchev–Trinajstić information content (AvgIpc) is 3.25. The summed E-state index contributed by atoms with van der Waals surface area (Å²) < 4.78 is 35.2. The molecule has 1 N–H and O–H groups in total. The van der Waals surface area contributed by atoms with E-state index in [2.05, 4.69) is 24.9 Å². The van der Waals surface area contributed by atoms with Crippen LogP contribution in [0, 0.1) is 0 Å². The summed E-state index contributed by atoms with van der Waals surface area (Å²) in [7, 11) is -1.98. The molecule has 10 nitrogen and oxygen atoms in total. The van der Waals surface area contributed by atoms with Gasteiger partial charge < -0.3 is 9.09 Å². The molecule has 0 aromatic carbocycles. The predicted octanol–water partition coefficient (Wildman–Crippen LogP) is 0.726. The molecule has 0 aliphatic heterocycles. The van der Waals surface area contributed by atoms with Crippen LogP contribution in [0.3, 0.4) is 0 Å². The van der Waals surface area contributed by atoms with Gasteiger partial charge in [-0.15, -0.1) is 0 Å². The Morgan fingerprint density at radius 3 is 2.75 bits per heavy atom. The predicted molar refractivity (Wildman–Crippen MR) is 83.1 cm³/mol. The minimum atomic E-state index is -3.75. The molecule has 0 atom stereocenters. The molecule has 0 amide bonds. The van der Waals surface area contributed by atoms with Crippen molar-refractivity contribution < 1.29 is 12.9 Å². The monoisotopic (exact) mass is 351 g/mol. The van der Waals surface area contributed by atoms with Crippen LogP contribution in [0.15, 0.2) is 34.5 Å². The maximum atomic E-state index is 12.2. The summed E-state index contributed by atoms with van der Waals surface area (Å²) in [5.41, 5.74) is 0.686. The fourth-order valence-electron chi connectivity index (χ4n) is 1.95. The molecule has 0 unspecified atom stereocenters. The first kappa shape index (κ1) is 16.3. The quantitative estimate of drug-likeness (QED) is 0.694. The van der Waals surface area contributed by atoms with E-state index in [1.165, 1.54) is 12.5 Å². The van der Waals surface area contributed by atoms with Gasteiger partial charge in [0.05, 0.1) is 24.6 Å². The average molecular weight is 351 g/mol. The van der Waals surface area contributed by atoms with Crippen molar-refractivity contribution in [1.29, 1.82) is 0 Å². The van der Waals surface area contributed by atoms with Crippen LogP contribution in [0.4, 0.5) is 0 Å². The van der Waals surface area contributed by atoms with Gasteiger partial charge in [0.15, 0.2) is 5.03 Å². The smallest absolute Gasteiger partial charge is 0.260 e. The van der Waals surface area contributed by atoms with E-state index in [1.807, 2.05) is 13.8 Å². The summed E-state index contributed by atoms with van der Waals surface area (Å²) >= 11 is 0. The lowest BCUT2D eigenvalue weighted by molar-refractivity contribution is 0.376. The normalized spacial score (nSPS) is 12.2. The van der Waals surface area contributed by atoms with Crippen LogP contribution in [0.1, 0.15) is 25.8 Å². The molecule has 0 radical (unpaired) electrons. The zero-order valence-electron chi connectivity index (χ0n) is 13.4. The van der Waals surface area contributed by atoms with E-state index in [4.69, 9.17) is 4.52 Å². The molecular weight excluding hydrogens is 334 g/mol. The van der Waals surface area contributed by atoms with E-state index in [1.54, 1.807) is 28.7 Å². The maximum absolute atomic E-state index is 12.2. The highest BCUT2D eigenvalue weighted by molar-refractivity contribution is 7.89. The highest BCUT2D eigenvalue weighted by Crippen LogP contribution is 2.15. The third-order valence-corrected chi connectivity index (χ3v) is 4.58. The number of rotatable bonds is 6. The Balaban J connectivity index is 1.69. The summed E-state index contributed by atoms with van der Waals surface area (Å²) in [5, 5.41) is 7.77. The number of aryl methyl sites for hydroxylation is 1. The van der Waals surface area contributed by atoms with Crippen LogP contribution < -0.4 is 4.72 Å². The molecule has 0 aliphatic carbocycles. The van der Waals surface area contributed by atoms with Gasteiger partial charge in [0.25, 0.3) is 10.0 Å². The summed E-state index contributed by atoms with van der Waals surface area (Å²) in [5.74, 6) is 0.502. The third-order valence-electron chi connectivity index (χ3n) is 3.29. The maximum Gasteiger partial charge on any atom is 0.260 e. The number of nitrogens with one attached hydrogen (secondary N) is 1. The molecule has 3 rings (SSSR count). The second kappa shape index (κ2) is 6.17. The van der Waals surface area contributed by atoms with E-state index in [0.717, 1.165) is 0 Å². The van der Waals surface area contributed by atoms with Crippen molar-refractivity contribution in [3.63, 3.8) is 0 Å². The molecule has 128 valence electrons. The Bertz CT molecular complexity index is 938. The lowest BCUT2D eigenvalue weighted by atomic mass is 10.3. The minimum Gasteiger partial charge on any atom is -0.338 e. The van der Waals surface area contributed by atoms with Crippen molar-refractivity contribution in [2.24, 2.45) is 7.05 Å². The Hall–Kier alpha value is -2.53. The Morgan fingerprint density at radius 1 is 1.33 bits per heavy atom. The van der Waals surface area contributed by atoms with Gasteiger partial charge in [-0.25, -0.2) is 18.1 Å². The topological polar surface area (TPSA) is 121 Å². The molecule has 0 bridgehead atoms. The summed E-state index contributed by atoms with van der Waals surface area (Å²) in [6.07, 6.45) is 6.28. The second-order valence-corrected chi connectivity index (χ2v) is 7.21. The highest BCUT2D eigenvalue weighted by Gasteiger charge is 2.19. The first-order valence-electron chi connectivity index (χ1n) is 7.20. The summed E-state index contributed by atoms with van der Waals surface area (Å²) in [6.45, 7) is 3.75. The van der Waals surface area contributed by atoms with Gasteiger partial charge in [0.1, 0.15) is 0 Å². The van der Waals surface area contributed by atoms with Gasteiger partial charge in [-0.2, -0.15) is 10.1 Å². The first-order valence-corrected chi connectivity index (χ1v) is 8.68. The van der Waals surface area contributed by atoms with Crippen LogP contribution in [-0.2, 0) is 23.6 Å². The number of imidazole rings is 1. The van der Waals surface area contributed by atoms with Crippen LogP contribution in [-0.4, -0.2) is 37.9 Å². The van der Waals surface area contributed by atoms with E-state index < -0.39 is 10.0 Å². The molecule has 0 saturated heterocycles. The SMILES string of the molecule is CC(C)n1cnc(S(=O)(=O)NCc2nc(-c3cnn(C)c3)no2)c1. The lowest BCUT2D eigenvalue weighted by Crippen LogP contribution is -2.23. The summed E-state index contributed by atoms with van der Waals surface area (Å²) in [6, 6.07) is 0.124. The largest absolute Gasteiger partial charge is 0.338 e. The number of sulfonamides is 1. The van der Waals surface area contributed by atoms with Gasteiger partial charge in [-0.1, -0.05) is 5.16 Å². The molecule has 0 saturated carbocycles. The van der Waals surface area contributed by atoms with E-state index in [9.17, 15) is 8.42 Å². The van der Waals surface area contributed by atoms with Crippen molar-refractivity contribution in [3.05, 3.63) is 30.8 Å². The highest BCUT2D eigenvalue weighted by atomic mass is 32.2. The minimum absolute atomic E-state index is 0.0526. The van der Waals surface area contributed by atoms with Crippen molar-refractivity contribution in [3.8, 4) is 11.4 Å². The van der Waals surface area contributed by atoms with Crippen LogP contribution in [0.25, 0.3) is 11.4 Å². The molecule has 3 aromatic heterocycles. The van der Waals surface area contributed by atoms with Gasteiger partial charge in [0, 0.05) is 25.5 Å². The van der Waals surface area contributed by atoms with Crippen molar-refractivity contribution >= 4 is 10.0 Å². The number of nitrogens with zero attached hydrogens (tertiary/aromatic N) is 6. The standard InChI is InChI=1S/C13H17N7O3S/c1-9(2)20-7-12(14-8-20)24(21,22)16-5-11-17-13(18-23-11)10-4-15-19(3)6-10/h4,6-9,16H,5H2,1-3H3. The molecule has 0 aliphatic rings. The first-order chi connectivity index (χ1) is 11.3. The Labute approximate surface area is 138 Å². The molecule has 0 spiro atoms. The second-order valence-electron chi connectivity index (χ2n) is 5.49. The number of aromatic nitrogens is 6. The zero-order valence-corrected chi connectivity index (χ0v) is 14.2. The van der Waals surface area contributed by atoms with Crippen LogP contribution >= 0.6 is 0 Å². The fraction of sp³-hybridized carbons (Fsp3) is 0.385. The zero-order chi connectivity index (χ0) is 17.3. The Morgan fingerprint density at radius 2 is 2.12 bits per heavy atom. The molecule has 11 heteroatoms. The van der Waals surface area contributed by atoms with E-state index in [-0.39, 0.29) is 23.5 Å². The lowest BCUT2D eigenvalue weighted by Gasteiger charge is -2.04. The number of hydrogen-bond donors (Lipinski definition) is 1. The molecule has 3 aromatic rings. The van der Waals surface area contributed by atoms with Crippen molar-refractivity contribution in [2.45, 2.75) is 31.5 Å². The van der Waals surface area contributed by atoms with E-state index in [0.29, 0.717) is 11.4 Å². The third kappa shape index (κ3) is 3.36. The summed E-state index contributed by atoms with van der Waals surface area (Å²) in [4.78, 5) is 8.05. The van der Waals surface area contributed by atoms with Crippen LogP contribution in [0.5, 0.6) is 0 Å². The van der Waals surface area contributed by atoms with Gasteiger partial charge in [-0.05, 0) is 13.8 Å². The molecule has 0 fully saturated rings. The molecule has 3 heterocycles. The Kier molecular flexibility index (Phi) is 4.20. The molecular formula is C13H17N7O3S. The molecule has 24 heavy (non-hydrogen) atoms. The van der Waals surface area contributed by atoms with Gasteiger partial charge >= 0.3 is 0 Å². The van der Waals surface area contributed by atoms with Crippen molar-refractivity contribution in [1.82, 2.24) is 34.2 Å². The number of hydrogen-bond acceptors (Lipinski definition) is 7. The van der Waals surface area contributed by atoms with E-state index >= 15 is 0 Å². The fourth-order valence-corrected chi connectivity index (χ4v) is 2.86.